The van der Waals surface area contributed by atoms with Crippen molar-refractivity contribution in [3.05, 3.63) is 0 Å². The smallest absolute Gasteiger partial charge is 0.259 e. The lowest BCUT2D eigenvalue weighted by atomic mass is 9.91. The van der Waals surface area contributed by atoms with Gasteiger partial charge in [-0.2, -0.15) is 5.26 Å². The summed E-state index contributed by atoms with van der Waals surface area (Å²) in [5.74, 6) is -0.678. The first kappa shape index (κ1) is 12.1. The van der Waals surface area contributed by atoms with E-state index in [0.29, 0.717) is 25.7 Å². The minimum atomic E-state index is -1.00. The van der Waals surface area contributed by atoms with Gasteiger partial charge < -0.3 is 4.74 Å². The zero-order valence-corrected chi connectivity index (χ0v) is 10.1. The summed E-state index contributed by atoms with van der Waals surface area (Å²) in [6.45, 7) is 3.65. The van der Waals surface area contributed by atoms with Gasteiger partial charge in [-0.3, -0.25) is 14.5 Å². The lowest BCUT2D eigenvalue weighted by Gasteiger charge is -2.40. The van der Waals surface area contributed by atoms with E-state index in [9.17, 15) is 14.9 Å². The molecule has 0 radical (unpaired) electrons. The maximum Gasteiger partial charge on any atom is 0.259 e. The van der Waals surface area contributed by atoms with Crippen molar-refractivity contribution in [2.45, 2.75) is 57.3 Å². The predicted molar refractivity (Wildman–Crippen MR) is 58.7 cm³/mol. The van der Waals surface area contributed by atoms with Gasteiger partial charge >= 0.3 is 0 Å². The molecule has 2 atom stereocenters. The van der Waals surface area contributed by atoms with E-state index in [1.165, 1.54) is 4.90 Å². The number of morpholine rings is 1. The maximum atomic E-state index is 12.1. The van der Waals surface area contributed by atoms with Crippen molar-refractivity contribution in [2.75, 3.05) is 0 Å². The average molecular weight is 236 g/mol. The van der Waals surface area contributed by atoms with Gasteiger partial charge in [-0.25, -0.2) is 0 Å². The highest BCUT2D eigenvalue weighted by molar-refractivity contribution is 6.03. The van der Waals surface area contributed by atoms with E-state index < -0.39 is 17.7 Å². The quantitative estimate of drug-likeness (QED) is 0.685. The number of nitriles is 1. The molecule has 2 aliphatic rings. The minimum absolute atomic E-state index is 0.339. The Labute approximate surface area is 100 Å². The van der Waals surface area contributed by atoms with Crippen molar-refractivity contribution in [3.8, 4) is 6.07 Å². The SMILES string of the molecule is CCC(C#N)(CC)N1C(=O)C2CCC(O2)C1=O. The highest BCUT2D eigenvalue weighted by atomic mass is 16.5. The first-order valence-corrected chi connectivity index (χ1v) is 6.04. The number of rotatable bonds is 3. The number of ether oxygens (including phenoxy) is 1. The Bertz CT molecular complexity index is 373. The van der Waals surface area contributed by atoms with Crippen LogP contribution in [0.1, 0.15) is 39.5 Å². The number of hydrogen-bond acceptors (Lipinski definition) is 4. The average Bonchev–Trinajstić information content (AvgIpc) is 2.80. The van der Waals surface area contributed by atoms with E-state index in [0.717, 1.165) is 0 Å². The van der Waals surface area contributed by atoms with Gasteiger partial charge in [-0.05, 0) is 25.7 Å². The molecular weight excluding hydrogens is 220 g/mol. The van der Waals surface area contributed by atoms with Crippen LogP contribution in [0.25, 0.3) is 0 Å². The molecule has 0 aromatic heterocycles. The van der Waals surface area contributed by atoms with Crippen molar-refractivity contribution in [1.82, 2.24) is 4.90 Å². The summed E-state index contributed by atoms with van der Waals surface area (Å²) >= 11 is 0. The number of likely N-dealkylation sites (tertiary alicyclic amines) is 1. The first-order valence-electron chi connectivity index (χ1n) is 6.04. The lowest BCUT2D eigenvalue weighted by molar-refractivity contribution is -0.174. The van der Waals surface area contributed by atoms with Crippen molar-refractivity contribution in [3.63, 3.8) is 0 Å². The van der Waals surface area contributed by atoms with Crippen LogP contribution in [0.5, 0.6) is 0 Å². The molecule has 92 valence electrons. The van der Waals surface area contributed by atoms with Crippen LogP contribution < -0.4 is 0 Å². The molecule has 2 saturated heterocycles. The fourth-order valence-corrected chi connectivity index (χ4v) is 2.59. The van der Waals surface area contributed by atoms with E-state index in [1.54, 1.807) is 0 Å². The van der Waals surface area contributed by atoms with Crippen LogP contribution in [0.4, 0.5) is 0 Å². The van der Waals surface area contributed by atoms with Crippen molar-refractivity contribution in [1.29, 1.82) is 5.26 Å². The summed E-state index contributed by atoms with van der Waals surface area (Å²) in [7, 11) is 0. The fourth-order valence-electron chi connectivity index (χ4n) is 2.59. The number of hydrogen-bond donors (Lipinski definition) is 0. The van der Waals surface area contributed by atoms with Gasteiger partial charge in [0.25, 0.3) is 11.8 Å². The number of fused-ring (bicyclic) bond motifs is 2. The third kappa shape index (κ3) is 1.55. The molecule has 2 rings (SSSR count). The van der Waals surface area contributed by atoms with Crippen molar-refractivity contribution in [2.24, 2.45) is 0 Å². The predicted octanol–water partition coefficient (Wildman–Crippen LogP) is 0.985. The largest absolute Gasteiger partial charge is 0.355 e. The molecule has 0 aromatic carbocycles. The van der Waals surface area contributed by atoms with Crippen LogP contribution in [0.2, 0.25) is 0 Å². The molecule has 0 spiro atoms. The number of carbonyl (C=O) groups is 2. The van der Waals surface area contributed by atoms with E-state index in [4.69, 9.17) is 4.74 Å². The summed E-state index contributed by atoms with van der Waals surface area (Å²) in [5, 5.41) is 9.32. The minimum Gasteiger partial charge on any atom is -0.355 e. The Morgan fingerprint density at radius 3 is 2.12 bits per heavy atom. The van der Waals surface area contributed by atoms with Gasteiger partial charge in [-0.1, -0.05) is 13.8 Å². The van der Waals surface area contributed by atoms with E-state index in [2.05, 4.69) is 6.07 Å². The normalized spacial score (nSPS) is 28.4. The zero-order valence-electron chi connectivity index (χ0n) is 10.1. The lowest BCUT2D eigenvalue weighted by Crippen LogP contribution is -2.61. The van der Waals surface area contributed by atoms with Crippen LogP contribution in [-0.4, -0.2) is 34.5 Å². The molecule has 0 N–H and O–H groups in total. The molecule has 5 heteroatoms. The zero-order chi connectivity index (χ0) is 12.6. The van der Waals surface area contributed by atoms with Gasteiger partial charge in [0.1, 0.15) is 17.7 Å². The number of imide groups is 1. The van der Waals surface area contributed by atoms with Crippen LogP contribution in [0.3, 0.4) is 0 Å². The van der Waals surface area contributed by atoms with Gasteiger partial charge in [0.05, 0.1) is 6.07 Å². The third-order valence-electron chi connectivity index (χ3n) is 3.82. The van der Waals surface area contributed by atoms with E-state index in [-0.39, 0.29) is 11.8 Å². The van der Waals surface area contributed by atoms with Crippen molar-refractivity contribution >= 4 is 11.8 Å². The topological polar surface area (TPSA) is 70.4 Å². The highest BCUT2D eigenvalue weighted by Gasteiger charge is 2.53. The molecule has 17 heavy (non-hydrogen) atoms. The van der Waals surface area contributed by atoms with Gasteiger partial charge in [0.15, 0.2) is 0 Å². The number of nitrogens with zero attached hydrogens (tertiary/aromatic N) is 2. The molecule has 0 saturated carbocycles. The Morgan fingerprint density at radius 1 is 1.29 bits per heavy atom. The molecule has 2 fully saturated rings. The Morgan fingerprint density at radius 2 is 1.76 bits per heavy atom. The summed E-state index contributed by atoms with van der Waals surface area (Å²) in [6.07, 6.45) is 1.03. The summed E-state index contributed by atoms with van der Waals surface area (Å²) in [5.41, 5.74) is -1.00. The molecule has 2 aliphatic heterocycles. The maximum absolute atomic E-state index is 12.1. The summed E-state index contributed by atoms with van der Waals surface area (Å²) in [4.78, 5) is 25.5. The molecule has 2 heterocycles. The Hall–Kier alpha value is -1.41. The molecular formula is C12H16N2O3. The van der Waals surface area contributed by atoms with Crippen LogP contribution in [0, 0.1) is 11.3 Å². The second kappa shape index (κ2) is 4.11. The van der Waals surface area contributed by atoms with Gasteiger partial charge in [0.2, 0.25) is 0 Å². The van der Waals surface area contributed by atoms with Crippen LogP contribution >= 0.6 is 0 Å². The first-order chi connectivity index (χ1) is 8.09. The summed E-state index contributed by atoms with van der Waals surface area (Å²) < 4.78 is 5.33. The van der Waals surface area contributed by atoms with Crippen LogP contribution in [0.15, 0.2) is 0 Å². The number of carbonyl (C=O) groups excluding carboxylic acids is 2. The van der Waals surface area contributed by atoms with E-state index in [1.807, 2.05) is 13.8 Å². The van der Waals surface area contributed by atoms with Crippen molar-refractivity contribution < 1.29 is 14.3 Å². The summed E-state index contributed by atoms with van der Waals surface area (Å²) in [6, 6.07) is 2.14. The molecule has 0 aliphatic carbocycles. The third-order valence-corrected chi connectivity index (χ3v) is 3.82. The van der Waals surface area contributed by atoms with Gasteiger partial charge in [-0.15, -0.1) is 0 Å². The van der Waals surface area contributed by atoms with Gasteiger partial charge in [0, 0.05) is 0 Å². The Balaban J connectivity index is 2.40. The van der Waals surface area contributed by atoms with E-state index >= 15 is 0 Å². The molecule has 2 bridgehead atoms. The standard InChI is InChI=1S/C12H16N2O3/c1-3-12(4-2,7-13)14-10(15)8-5-6-9(17-8)11(14)16/h8-9H,3-6H2,1-2H3. The second-order valence-electron chi connectivity index (χ2n) is 4.55. The molecule has 2 unspecified atom stereocenters. The highest BCUT2D eigenvalue weighted by Crippen LogP contribution is 2.35. The monoisotopic (exact) mass is 236 g/mol. The second-order valence-corrected chi connectivity index (χ2v) is 4.55. The molecule has 0 aromatic rings. The molecule has 5 nitrogen and oxygen atoms in total. The Kier molecular flexibility index (Phi) is 2.92. The molecule has 2 amide bonds. The number of amides is 2. The fraction of sp³-hybridized carbons (Fsp3) is 0.750. The van der Waals surface area contributed by atoms with Crippen LogP contribution in [-0.2, 0) is 14.3 Å².